The van der Waals surface area contributed by atoms with Crippen LogP contribution in [0.1, 0.15) is 41.5 Å². The van der Waals surface area contributed by atoms with Crippen LogP contribution in [0.3, 0.4) is 0 Å². The second kappa shape index (κ2) is 7.65. The molecule has 1 aliphatic carbocycles. The van der Waals surface area contributed by atoms with E-state index >= 15 is 0 Å². The summed E-state index contributed by atoms with van der Waals surface area (Å²) in [6, 6.07) is 0. The molecule has 0 N–H and O–H groups in total. The lowest BCUT2D eigenvalue weighted by Gasteiger charge is -2.31. The Morgan fingerprint density at radius 1 is 0.724 bits per heavy atom. The van der Waals surface area contributed by atoms with Crippen LogP contribution in [0.25, 0.3) is 0 Å². The fourth-order valence-electron chi connectivity index (χ4n) is 2.67. The van der Waals surface area contributed by atoms with Gasteiger partial charge in [0, 0.05) is 11.1 Å². The van der Waals surface area contributed by atoms with Crippen molar-refractivity contribution < 1.29 is 26.7 Å². The van der Waals surface area contributed by atoms with E-state index in [0.717, 1.165) is 6.20 Å². The molecule has 3 nitrogen and oxygen atoms in total. The summed E-state index contributed by atoms with van der Waals surface area (Å²) >= 11 is 0. The van der Waals surface area contributed by atoms with Crippen LogP contribution < -0.4 is 0 Å². The molecule has 1 aliphatic rings. The van der Waals surface area contributed by atoms with E-state index in [4.69, 9.17) is 0 Å². The van der Waals surface area contributed by atoms with E-state index in [-0.39, 0.29) is 5.78 Å². The number of carbonyl (C=O) groups excluding carboxylic acids is 1. The summed E-state index contributed by atoms with van der Waals surface area (Å²) in [7, 11) is 0. The van der Waals surface area contributed by atoms with Gasteiger partial charge >= 0.3 is 0 Å². The zero-order valence-corrected chi connectivity index (χ0v) is 16.9. The highest BCUT2D eigenvalue weighted by molar-refractivity contribution is 6.11. The van der Waals surface area contributed by atoms with Crippen molar-refractivity contribution in [3.8, 4) is 0 Å². The lowest BCUT2D eigenvalue weighted by atomic mass is 9.72. The van der Waals surface area contributed by atoms with Gasteiger partial charge in [-0.2, -0.15) is 5.11 Å². The van der Waals surface area contributed by atoms with Crippen LogP contribution in [0.15, 0.2) is 45.3 Å². The van der Waals surface area contributed by atoms with Crippen LogP contribution in [0, 0.1) is 39.9 Å². The second-order valence-electron chi connectivity index (χ2n) is 8.71. The molecule has 0 atom stereocenters. The van der Waals surface area contributed by atoms with Gasteiger partial charge in [-0.15, -0.1) is 5.11 Å². The van der Waals surface area contributed by atoms with Gasteiger partial charge in [0.1, 0.15) is 0 Å². The minimum Gasteiger partial charge on any atom is -0.289 e. The van der Waals surface area contributed by atoms with Gasteiger partial charge in [-0.1, -0.05) is 41.5 Å². The summed E-state index contributed by atoms with van der Waals surface area (Å²) in [4.78, 5) is 12.8. The first-order chi connectivity index (χ1) is 13.2. The van der Waals surface area contributed by atoms with Gasteiger partial charge in [-0.05, 0) is 28.6 Å². The van der Waals surface area contributed by atoms with Crippen LogP contribution in [-0.2, 0) is 4.79 Å². The number of rotatable bonds is 2. The van der Waals surface area contributed by atoms with Crippen molar-refractivity contribution in [2.75, 3.05) is 0 Å². The molecule has 8 heteroatoms. The van der Waals surface area contributed by atoms with Crippen molar-refractivity contribution in [1.82, 2.24) is 0 Å². The molecule has 0 unspecified atom stereocenters. The van der Waals surface area contributed by atoms with Crippen LogP contribution in [0.4, 0.5) is 27.6 Å². The number of azo groups is 1. The number of carbonyl (C=O) groups is 1. The fourth-order valence-corrected chi connectivity index (χ4v) is 2.67. The Kier molecular flexibility index (Phi) is 5.97. The molecule has 2 rings (SSSR count). The molecule has 156 valence electrons. The topological polar surface area (TPSA) is 41.8 Å². The van der Waals surface area contributed by atoms with Gasteiger partial charge in [0.05, 0.1) is 6.20 Å². The number of halogens is 5. The van der Waals surface area contributed by atoms with Crippen LogP contribution >= 0.6 is 0 Å². The van der Waals surface area contributed by atoms with Crippen molar-refractivity contribution in [3.05, 3.63) is 64.2 Å². The number of ketones is 1. The van der Waals surface area contributed by atoms with Gasteiger partial charge in [0.2, 0.25) is 5.82 Å². The molecule has 0 aromatic heterocycles. The largest absolute Gasteiger partial charge is 0.289 e. The predicted molar refractivity (Wildman–Crippen MR) is 98.9 cm³/mol. The van der Waals surface area contributed by atoms with E-state index in [2.05, 4.69) is 10.2 Å². The second-order valence-corrected chi connectivity index (χ2v) is 8.71. The van der Waals surface area contributed by atoms with Gasteiger partial charge < -0.3 is 0 Å². The van der Waals surface area contributed by atoms with Crippen molar-refractivity contribution >= 4 is 11.5 Å². The van der Waals surface area contributed by atoms with E-state index in [1.807, 2.05) is 41.5 Å². The molecule has 1 aromatic carbocycles. The fraction of sp³-hybridized carbons (Fsp3) is 0.381. The molecule has 0 aliphatic heterocycles. The quantitative estimate of drug-likeness (QED) is 0.226. The SMILES string of the molecule is CC(C)(C)C1=CC(=CN=Nc2c(F)c(F)c(F)c(F)c2F)C=C(C(C)(C)C)C1=O. The number of nitrogens with zero attached hydrogens (tertiary/aromatic N) is 2. The van der Waals surface area contributed by atoms with Gasteiger partial charge in [0.25, 0.3) is 0 Å². The molecule has 0 amide bonds. The van der Waals surface area contributed by atoms with Crippen LogP contribution in [0.2, 0.25) is 0 Å². The highest BCUT2D eigenvalue weighted by Gasteiger charge is 2.34. The standard InChI is InChI=1S/C21H21F5N2O/c1-20(2,3)11-7-10(8-12(19(11)29)21(4,5)6)9-27-28-18-16(25)14(23)13(22)15(24)17(18)26/h7-9H,1-6H3. The molecule has 0 spiro atoms. The molecule has 0 bridgehead atoms. The van der Waals surface area contributed by atoms with Crippen molar-refractivity contribution in [2.45, 2.75) is 41.5 Å². The maximum absolute atomic E-state index is 13.7. The van der Waals surface area contributed by atoms with E-state index < -0.39 is 45.6 Å². The molecule has 0 radical (unpaired) electrons. The Morgan fingerprint density at radius 2 is 1.10 bits per heavy atom. The molecular formula is C21H21F5N2O. The van der Waals surface area contributed by atoms with Gasteiger partial charge in [0.15, 0.2) is 34.7 Å². The van der Waals surface area contributed by atoms with E-state index in [0.29, 0.717) is 16.7 Å². The molecule has 0 heterocycles. The van der Waals surface area contributed by atoms with E-state index in [1.165, 1.54) is 0 Å². The molecular weight excluding hydrogens is 391 g/mol. The highest BCUT2D eigenvalue weighted by atomic mass is 19.2. The Hall–Kier alpha value is -2.64. The van der Waals surface area contributed by atoms with Crippen molar-refractivity contribution in [3.63, 3.8) is 0 Å². The average Bonchev–Trinajstić information content (AvgIpc) is 2.60. The Bertz CT molecular complexity index is 925. The highest BCUT2D eigenvalue weighted by Crippen LogP contribution is 2.39. The third-order valence-electron chi connectivity index (χ3n) is 4.28. The molecule has 0 fully saturated rings. The Morgan fingerprint density at radius 3 is 1.48 bits per heavy atom. The first kappa shape index (κ1) is 22.6. The lowest BCUT2D eigenvalue weighted by Crippen LogP contribution is -2.27. The average molecular weight is 412 g/mol. The summed E-state index contributed by atoms with van der Waals surface area (Å²) in [5.74, 6) is -10.7. The first-order valence-electron chi connectivity index (χ1n) is 8.77. The number of hydrogen-bond donors (Lipinski definition) is 0. The van der Waals surface area contributed by atoms with E-state index in [9.17, 15) is 26.7 Å². The summed E-state index contributed by atoms with van der Waals surface area (Å²) in [5, 5.41) is 6.65. The summed E-state index contributed by atoms with van der Waals surface area (Å²) in [6.45, 7) is 11.1. The number of Topliss-reactive ketones (excluding diaryl/α,β-unsaturated/α-hetero) is 1. The summed E-state index contributed by atoms with van der Waals surface area (Å²) in [6.07, 6.45) is 4.23. The third kappa shape index (κ3) is 4.52. The number of benzene rings is 1. The zero-order chi connectivity index (χ0) is 22.3. The summed E-state index contributed by atoms with van der Waals surface area (Å²) < 4.78 is 67.0. The van der Waals surface area contributed by atoms with E-state index in [1.54, 1.807) is 12.2 Å². The molecule has 29 heavy (non-hydrogen) atoms. The number of hydrogen-bond acceptors (Lipinski definition) is 3. The Labute approximate surface area is 165 Å². The summed E-state index contributed by atoms with van der Waals surface area (Å²) in [5.41, 5.74) is -0.943. The minimum atomic E-state index is -2.27. The maximum atomic E-state index is 13.7. The zero-order valence-electron chi connectivity index (χ0n) is 16.9. The third-order valence-corrected chi connectivity index (χ3v) is 4.28. The molecule has 0 saturated carbocycles. The molecule has 1 aromatic rings. The number of allylic oxidation sites excluding steroid dienone is 5. The van der Waals surface area contributed by atoms with Crippen molar-refractivity contribution in [2.24, 2.45) is 21.1 Å². The van der Waals surface area contributed by atoms with Gasteiger partial charge in [-0.3, -0.25) is 4.79 Å². The van der Waals surface area contributed by atoms with Crippen LogP contribution in [0.5, 0.6) is 0 Å². The minimum absolute atomic E-state index is 0.126. The monoisotopic (exact) mass is 412 g/mol. The normalized spacial score (nSPS) is 15.7. The predicted octanol–water partition coefficient (Wildman–Crippen LogP) is 6.88. The van der Waals surface area contributed by atoms with Gasteiger partial charge in [-0.25, -0.2) is 22.0 Å². The van der Waals surface area contributed by atoms with Crippen molar-refractivity contribution in [1.29, 1.82) is 0 Å². The first-order valence-corrected chi connectivity index (χ1v) is 8.77. The van der Waals surface area contributed by atoms with Crippen LogP contribution in [-0.4, -0.2) is 5.78 Å². The Balaban J connectivity index is 2.55. The maximum Gasteiger partial charge on any atom is 0.200 e. The lowest BCUT2D eigenvalue weighted by molar-refractivity contribution is -0.114. The molecule has 0 saturated heterocycles. The smallest absolute Gasteiger partial charge is 0.200 e.